The Bertz CT molecular complexity index is 330. The van der Waals surface area contributed by atoms with Gasteiger partial charge in [-0.05, 0) is 30.4 Å². The Morgan fingerprint density at radius 1 is 1.38 bits per heavy atom. The van der Waals surface area contributed by atoms with E-state index in [9.17, 15) is 0 Å². The van der Waals surface area contributed by atoms with Crippen LogP contribution in [0.4, 0.5) is 5.69 Å². The highest BCUT2D eigenvalue weighted by Gasteiger charge is 2.01. The molecule has 0 radical (unpaired) electrons. The summed E-state index contributed by atoms with van der Waals surface area (Å²) in [4.78, 5) is 0. The van der Waals surface area contributed by atoms with Crippen LogP contribution in [0.3, 0.4) is 0 Å². The average molecular weight is 236 g/mol. The van der Waals surface area contributed by atoms with Crippen molar-refractivity contribution >= 4 is 46.2 Å². The van der Waals surface area contributed by atoms with Gasteiger partial charge in [-0.2, -0.15) is 0 Å². The summed E-state index contributed by atoms with van der Waals surface area (Å²) in [5, 5.41) is 4.15. The lowest BCUT2D eigenvalue weighted by molar-refractivity contribution is 1.04. The van der Waals surface area contributed by atoms with Crippen LogP contribution in [-0.4, -0.2) is 5.11 Å². The standard InChI is InChI=1S/C7H7Cl2N3S/c8-4-1-2-6(5(9)3-4)11-7(13)12-10/h1-3H,10H2,(H2,11,12,13). The van der Waals surface area contributed by atoms with E-state index in [-0.39, 0.29) is 0 Å². The molecule has 0 atom stereocenters. The molecule has 0 aromatic heterocycles. The van der Waals surface area contributed by atoms with Gasteiger partial charge in [-0.1, -0.05) is 23.2 Å². The summed E-state index contributed by atoms with van der Waals surface area (Å²) in [7, 11) is 0. The van der Waals surface area contributed by atoms with Gasteiger partial charge in [0.1, 0.15) is 0 Å². The van der Waals surface area contributed by atoms with Gasteiger partial charge in [0, 0.05) is 5.02 Å². The second-order valence-corrected chi connectivity index (χ2v) is 3.47. The van der Waals surface area contributed by atoms with Gasteiger partial charge in [0.05, 0.1) is 10.7 Å². The maximum Gasteiger partial charge on any atom is 0.185 e. The van der Waals surface area contributed by atoms with Gasteiger partial charge in [0.15, 0.2) is 5.11 Å². The Kier molecular flexibility index (Phi) is 3.74. The van der Waals surface area contributed by atoms with Gasteiger partial charge >= 0.3 is 0 Å². The maximum absolute atomic E-state index is 5.86. The number of halogens is 2. The Hall–Kier alpha value is -0.550. The summed E-state index contributed by atoms with van der Waals surface area (Å²) in [6.07, 6.45) is 0. The van der Waals surface area contributed by atoms with Crippen molar-refractivity contribution in [2.45, 2.75) is 0 Å². The lowest BCUT2D eigenvalue weighted by Gasteiger charge is -2.08. The number of nitrogens with two attached hydrogens (primary N) is 1. The summed E-state index contributed by atoms with van der Waals surface area (Å²) in [5.41, 5.74) is 2.95. The van der Waals surface area contributed by atoms with Crippen molar-refractivity contribution in [1.29, 1.82) is 0 Å². The number of rotatable bonds is 1. The van der Waals surface area contributed by atoms with Crippen LogP contribution in [0.15, 0.2) is 18.2 Å². The minimum Gasteiger partial charge on any atom is -0.330 e. The zero-order valence-electron chi connectivity index (χ0n) is 6.47. The van der Waals surface area contributed by atoms with E-state index in [0.717, 1.165) is 0 Å². The molecule has 0 fully saturated rings. The molecule has 0 aliphatic heterocycles. The molecule has 1 aromatic rings. The van der Waals surface area contributed by atoms with E-state index >= 15 is 0 Å². The molecule has 0 spiro atoms. The van der Waals surface area contributed by atoms with E-state index in [1.165, 1.54) is 0 Å². The third-order valence-electron chi connectivity index (χ3n) is 1.31. The van der Waals surface area contributed by atoms with Crippen molar-refractivity contribution in [2.24, 2.45) is 5.84 Å². The van der Waals surface area contributed by atoms with Gasteiger partial charge in [0.2, 0.25) is 0 Å². The van der Waals surface area contributed by atoms with Gasteiger partial charge in [-0.15, -0.1) is 0 Å². The smallest absolute Gasteiger partial charge is 0.185 e. The van der Waals surface area contributed by atoms with E-state index in [0.29, 0.717) is 20.8 Å². The first-order chi connectivity index (χ1) is 6.13. The van der Waals surface area contributed by atoms with Gasteiger partial charge < -0.3 is 10.7 Å². The second kappa shape index (κ2) is 4.62. The number of nitrogens with one attached hydrogen (secondary N) is 2. The molecular weight excluding hydrogens is 229 g/mol. The topological polar surface area (TPSA) is 50.1 Å². The zero-order chi connectivity index (χ0) is 9.84. The zero-order valence-corrected chi connectivity index (χ0v) is 8.80. The molecule has 1 rings (SSSR count). The Balaban J connectivity index is 2.83. The minimum atomic E-state index is 0.296. The quantitative estimate of drug-likeness (QED) is 0.397. The number of anilines is 1. The molecule has 4 N–H and O–H groups in total. The van der Waals surface area contributed by atoms with Gasteiger partial charge in [-0.25, -0.2) is 5.84 Å². The molecule has 0 bridgehead atoms. The normalized spacial score (nSPS) is 9.46. The molecule has 0 unspecified atom stereocenters. The monoisotopic (exact) mass is 235 g/mol. The largest absolute Gasteiger partial charge is 0.330 e. The molecule has 0 amide bonds. The highest BCUT2D eigenvalue weighted by Crippen LogP contribution is 2.24. The number of hydrogen-bond acceptors (Lipinski definition) is 2. The summed E-state index contributed by atoms with van der Waals surface area (Å²) in [6, 6.07) is 5.04. The van der Waals surface area contributed by atoms with Crippen LogP contribution in [0, 0.1) is 0 Å². The van der Waals surface area contributed by atoms with Crippen molar-refractivity contribution in [1.82, 2.24) is 5.43 Å². The molecule has 1 aromatic carbocycles. The van der Waals surface area contributed by atoms with Crippen molar-refractivity contribution in [3.8, 4) is 0 Å². The minimum absolute atomic E-state index is 0.296. The highest BCUT2D eigenvalue weighted by molar-refractivity contribution is 7.80. The molecule has 3 nitrogen and oxygen atoms in total. The van der Waals surface area contributed by atoms with E-state index in [2.05, 4.69) is 10.7 Å². The Labute approximate surface area is 91.2 Å². The molecule has 0 heterocycles. The molecule has 0 aliphatic rings. The van der Waals surface area contributed by atoms with Crippen LogP contribution in [0.25, 0.3) is 0 Å². The van der Waals surface area contributed by atoms with E-state index in [1.807, 2.05) is 0 Å². The molecular formula is C7H7Cl2N3S. The summed E-state index contributed by atoms with van der Waals surface area (Å²) >= 11 is 16.3. The van der Waals surface area contributed by atoms with Crippen molar-refractivity contribution in [2.75, 3.05) is 5.32 Å². The van der Waals surface area contributed by atoms with Crippen molar-refractivity contribution < 1.29 is 0 Å². The van der Waals surface area contributed by atoms with Gasteiger partial charge in [0.25, 0.3) is 0 Å². The van der Waals surface area contributed by atoms with Crippen molar-refractivity contribution in [3.63, 3.8) is 0 Å². The van der Waals surface area contributed by atoms with Crippen LogP contribution in [0.2, 0.25) is 10.0 Å². The van der Waals surface area contributed by atoms with E-state index in [4.69, 9.17) is 41.3 Å². The summed E-state index contributed by atoms with van der Waals surface area (Å²) in [5.74, 6) is 5.08. The van der Waals surface area contributed by atoms with Crippen LogP contribution < -0.4 is 16.6 Å². The third-order valence-corrected chi connectivity index (χ3v) is 2.08. The number of benzene rings is 1. The lowest BCUT2D eigenvalue weighted by atomic mass is 10.3. The molecule has 0 aliphatic carbocycles. The van der Waals surface area contributed by atoms with Crippen LogP contribution in [0.5, 0.6) is 0 Å². The van der Waals surface area contributed by atoms with Crippen molar-refractivity contribution in [3.05, 3.63) is 28.2 Å². The van der Waals surface area contributed by atoms with Gasteiger partial charge in [-0.3, -0.25) is 0 Å². The fraction of sp³-hybridized carbons (Fsp3) is 0. The SMILES string of the molecule is NNC(=S)Nc1ccc(Cl)cc1Cl. The first-order valence-electron chi connectivity index (χ1n) is 3.36. The Morgan fingerprint density at radius 2 is 2.08 bits per heavy atom. The van der Waals surface area contributed by atoms with Crippen LogP contribution >= 0.6 is 35.4 Å². The first kappa shape index (κ1) is 10.5. The predicted molar refractivity (Wildman–Crippen MR) is 60.0 cm³/mol. The third kappa shape index (κ3) is 3.00. The average Bonchev–Trinajstić information content (AvgIpc) is 2.09. The first-order valence-corrected chi connectivity index (χ1v) is 4.52. The van der Waals surface area contributed by atoms with E-state index < -0.39 is 0 Å². The number of hydrazine groups is 1. The Morgan fingerprint density at radius 3 is 2.62 bits per heavy atom. The second-order valence-electron chi connectivity index (χ2n) is 2.22. The summed E-state index contributed by atoms with van der Waals surface area (Å²) in [6.45, 7) is 0. The maximum atomic E-state index is 5.86. The highest BCUT2D eigenvalue weighted by atomic mass is 35.5. The predicted octanol–water partition coefficient (Wildman–Crippen LogP) is 2.15. The fourth-order valence-electron chi connectivity index (χ4n) is 0.749. The summed E-state index contributed by atoms with van der Waals surface area (Å²) < 4.78 is 0. The van der Waals surface area contributed by atoms with Crippen LogP contribution in [-0.2, 0) is 0 Å². The number of hydrogen-bond donors (Lipinski definition) is 3. The molecule has 6 heteroatoms. The van der Waals surface area contributed by atoms with E-state index in [1.54, 1.807) is 18.2 Å². The number of thiocarbonyl (C=S) groups is 1. The molecule has 0 saturated carbocycles. The molecule has 70 valence electrons. The molecule has 13 heavy (non-hydrogen) atoms. The molecule has 0 saturated heterocycles. The lowest BCUT2D eigenvalue weighted by Crippen LogP contribution is -2.34. The van der Waals surface area contributed by atoms with Crippen LogP contribution in [0.1, 0.15) is 0 Å². The fourth-order valence-corrected chi connectivity index (χ4v) is 1.31.